The first-order valence-corrected chi connectivity index (χ1v) is 11.0. The molecule has 0 bridgehead atoms. The third-order valence-corrected chi connectivity index (χ3v) is 5.91. The molecule has 3 aromatic rings. The number of aromatic carboxylic acids is 1. The number of carboxylic acids is 1. The average Bonchev–Trinajstić information content (AvgIpc) is 3.38. The number of aryl methyl sites for hydroxylation is 2. The van der Waals surface area contributed by atoms with E-state index in [1.807, 2.05) is 42.5 Å². The van der Waals surface area contributed by atoms with Crippen LogP contribution >= 0.6 is 0 Å². The highest BCUT2D eigenvalue weighted by Crippen LogP contribution is 2.28. The Morgan fingerprint density at radius 1 is 0.879 bits per heavy atom. The van der Waals surface area contributed by atoms with Crippen LogP contribution in [0.1, 0.15) is 44.7 Å². The Balaban J connectivity index is 1.39. The number of carbonyl (C=O) groups excluding carboxylic acids is 1. The predicted molar refractivity (Wildman–Crippen MR) is 129 cm³/mol. The van der Waals surface area contributed by atoms with Crippen molar-refractivity contribution in [3.63, 3.8) is 0 Å². The van der Waals surface area contributed by atoms with Gasteiger partial charge in [-0.1, -0.05) is 24.3 Å². The van der Waals surface area contributed by atoms with Crippen molar-refractivity contribution in [2.24, 2.45) is 5.18 Å². The third-order valence-electron chi connectivity index (χ3n) is 5.91. The molecule has 3 aromatic carbocycles. The van der Waals surface area contributed by atoms with Gasteiger partial charge >= 0.3 is 5.97 Å². The average molecular weight is 444 g/mol. The fourth-order valence-electron chi connectivity index (χ4n) is 4.01. The van der Waals surface area contributed by atoms with E-state index in [-0.39, 0.29) is 22.7 Å². The minimum Gasteiger partial charge on any atom is -0.478 e. The molecule has 1 saturated heterocycles. The van der Waals surface area contributed by atoms with E-state index in [1.54, 1.807) is 24.3 Å². The van der Waals surface area contributed by atoms with E-state index in [2.05, 4.69) is 15.4 Å². The zero-order valence-corrected chi connectivity index (χ0v) is 18.2. The second-order valence-electron chi connectivity index (χ2n) is 8.14. The highest BCUT2D eigenvalue weighted by molar-refractivity contribution is 6.08. The maximum atomic E-state index is 12.9. The van der Waals surface area contributed by atoms with E-state index in [0.29, 0.717) is 5.69 Å². The summed E-state index contributed by atoms with van der Waals surface area (Å²) in [5.74, 6) is -1.30. The first-order chi connectivity index (χ1) is 16.0. The van der Waals surface area contributed by atoms with Crippen LogP contribution in [0.15, 0.2) is 71.9 Å². The number of hydrogen-bond acceptors (Lipinski definition) is 5. The van der Waals surface area contributed by atoms with Crippen LogP contribution in [0.3, 0.4) is 0 Å². The molecule has 168 valence electrons. The van der Waals surface area contributed by atoms with E-state index in [1.165, 1.54) is 0 Å². The summed E-state index contributed by atoms with van der Waals surface area (Å²) in [6.45, 7) is 1.89. The fraction of sp³-hybridized carbons (Fsp3) is 0.231. The van der Waals surface area contributed by atoms with Gasteiger partial charge in [-0.05, 0) is 84.5 Å². The second-order valence-corrected chi connectivity index (χ2v) is 8.14. The van der Waals surface area contributed by atoms with Crippen molar-refractivity contribution in [2.75, 3.05) is 23.3 Å². The number of anilines is 2. The second kappa shape index (κ2) is 10.1. The normalized spacial score (nSPS) is 13.0. The molecular formula is C26H25N3O4. The van der Waals surface area contributed by atoms with Gasteiger partial charge in [-0.15, -0.1) is 4.91 Å². The van der Waals surface area contributed by atoms with Crippen molar-refractivity contribution in [3.05, 3.63) is 93.9 Å². The number of carboxylic acid groups (broad SMARTS) is 1. The summed E-state index contributed by atoms with van der Waals surface area (Å²) >= 11 is 0. The Kier molecular flexibility index (Phi) is 6.78. The molecule has 0 atom stereocenters. The van der Waals surface area contributed by atoms with Crippen molar-refractivity contribution in [3.8, 4) is 0 Å². The number of benzene rings is 3. The van der Waals surface area contributed by atoms with Crippen LogP contribution in [0.25, 0.3) is 0 Å². The molecule has 33 heavy (non-hydrogen) atoms. The minimum absolute atomic E-state index is 0.126. The van der Waals surface area contributed by atoms with Gasteiger partial charge in [0.15, 0.2) is 0 Å². The Morgan fingerprint density at radius 2 is 1.48 bits per heavy atom. The number of rotatable bonds is 8. The molecule has 2 N–H and O–H groups in total. The maximum Gasteiger partial charge on any atom is 0.335 e. The molecule has 0 unspecified atom stereocenters. The maximum absolute atomic E-state index is 12.9. The summed E-state index contributed by atoms with van der Waals surface area (Å²) < 4.78 is 0. The molecule has 1 aliphatic rings. The van der Waals surface area contributed by atoms with Crippen molar-refractivity contribution < 1.29 is 14.7 Å². The van der Waals surface area contributed by atoms with Gasteiger partial charge in [-0.2, -0.15) is 0 Å². The number of hydrogen-bond donors (Lipinski definition) is 2. The summed E-state index contributed by atoms with van der Waals surface area (Å²) in [6.07, 6.45) is 3.81. The molecule has 0 radical (unpaired) electrons. The zero-order chi connectivity index (χ0) is 23.2. The molecule has 1 heterocycles. The predicted octanol–water partition coefficient (Wildman–Crippen LogP) is 5.42. The van der Waals surface area contributed by atoms with Crippen molar-refractivity contribution >= 4 is 28.9 Å². The van der Waals surface area contributed by atoms with E-state index >= 15 is 0 Å². The Hall–Kier alpha value is -4.00. The van der Waals surface area contributed by atoms with Gasteiger partial charge in [0.1, 0.15) is 5.69 Å². The zero-order valence-electron chi connectivity index (χ0n) is 18.2. The summed E-state index contributed by atoms with van der Waals surface area (Å²) in [6, 6.07) is 19.6. The SMILES string of the molecule is O=Nc1ccc(N2CCCC2)cc1C(=O)Nc1ccc(CCc2ccc(C(=O)O)cc2)cc1. The van der Waals surface area contributed by atoms with Crippen LogP contribution in [0, 0.1) is 4.91 Å². The molecular weight excluding hydrogens is 418 g/mol. The third kappa shape index (κ3) is 5.44. The van der Waals surface area contributed by atoms with Gasteiger partial charge in [0.25, 0.3) is 5.91 Å². The van der Waals surface area contributed by atoms with Crippen LogP contribution in [0.5, 0.6) is 0 Å². The fourth-order valence-corrected chi connectivity index (χ4v) is 4.01. The van der Waals surface area contributed by atoms with E-state index < -0.39 is 5.97 Å². The lowest BCUT2D eigenvalue weighted by atomic mass is 10.0. The van der Waals surface area contributed by atoms with Crippen molar-refractivity contribution in [1.29, 1.82) is 0 Å². The van der Waals surface area contributed by atoms with Crippen LogP contribution in [0.2, 0.25) is 0 Å². The van der Waals surface area contributed by atoms with Crippen LogP contribution in [-0.4, -0.2) is 30.1 Å². The van der Waals surface area contributed by atoms with Gasteiger partial charge < -0.3 is 15.3 Å². The molecule has 1 fully saturated rings. The van der Waals surface area contributed by atoms with Crippen LogP contribution < -0.4 is 10.2 Å². The van der Waals surface area contributed by atoms with Gasteiger partial charge in [0, 0.05) is 24.5 Å². The Labute approximate surface area is 192 Å². The first kappa shape index (κ1) is 22.2. The molecule has 0 saturated carbocycles. The van der Waals surface area contributed by atoms with Crippen LogP contribution in [-0.2, 0) is 12.8 Å². The number of nitroso groups, excluding NO2 is 1. The number of carbonyl (C=O) groups is 2. The molecule has 4 rings (SSSR count). The van der Waals surface area contributed by atoms with E-state index in [9.17, 15) is 14.5 Å². The number of amides is 1. The van der Waals surface area contributed by atoms with Gasteiger partial charge in [-0.3, -0.25) is 4.79 Å². The lowest BCUT2D eigenvalue weighted by Gasteiger charge is -2.18. The Bertz CT molecular complexity index is 1150. The Morgan fingerprint density at radius 3 is 2.06 bits per heavy atom. The van der Waals surface area contributed by atoms with Gasteiger partial charge in [0.05, 0.1) is 11.1 Å². The number of nitrogens with one attached hydrogen (secondary N) is 1. The quantitative estimate of drug-likeness (QED) is 0.453. The molecule has 0 aliphatic carbocycles. The highest BCUT2D eigenvalue weighted by Gasteiger charge is 2.18. The van der Waals surface area contributed by atoms with E-state index in [0.717, 1.165) is 55.6 Å². The summed E-state index contributed by atoms with van der Waals surface area (Å²) in [5, 5.41) is 14.9. The minimum atomic E-state index is -0.932. The van der Waals surface area contributed by atoms with Crippen molar-refractivity contribution in [2.45, 2.75) is 25.7 Å². The van der Waals surface area contributed by atoms with Gasteiger partial charge in [0.2, 0.25) is 0 Å². The van der Waals surface area contributed by atoms with Crippen molar-refractivity contribution in [1.82, 2.24) is 0 Å². The smallest absolute Gasteiger partial charge is 0.335 e. The topological polar surface area (TPSA) is 99.1 Å². The molecule has 0 aromatic heterocycles. The summed E-state index contributed by atoms with van der Waals surface area (Å²) in [5.41, 5.74) is 4.39. The molecule has 7 heteroatoms. The molecule has 0 spiro atoms. The summed E-state index contributed by atoms with van der Waals surface area (Å²) in [4.78, 5) is 37.2. The lowest BCUT2D eigenvalue weighted by molar-refractivity contribution is 0.0696. The van der Waals surface area contributed by atoms with Gasteiger partial charge in [-0.25, -0.2) is 4.79 Å². The summed E-state index contributed by atoms with van der Waals surface area (Å²) in [7, 11) is 0. The molecule has 1 aliphatic heterocycles. The number of nitrogens with zero attached hydrogens (tertiary/aromatic N) is 2. The van der Waals surface area contributed by atoms with Crippen LogP contribution in [0.4, 0.5) is 17.1 Å². The monoisotopic (exact) mass is 443 g/mol. The van der Waals surface area contributed by atoms with E-state index in [4.69, 9.17) is 5.11 Å². The molecule has 1 amide bonds. The highest BCUT2D eigenvalue weighted by atomic mass is 16.4. The standard InChI is InChI=1S/C26H25N3O4/c30-25(23-17-22(13-14-24(23)28-33)29-15-1-2-16-29)27-21-11-7-19(8-12-21)4-3-18-5-9-20(10-6-18)26(31)32/h5-14,17H,1-4,15-16H2,(H,27,30)(H,31,32). The lowest BCUT2D eigenvalue weighted by Crippen LogP contribution is -2.19. The first-order valence-electron chi connectivity index (χ1n) is 11.0. The largest absolute Gasteiger partial charge is 0.478 e. The molecule has 7 nitrogen and oxygen atoms in total.